The fourth-order valence-electron chi connectivity index (χ4n) is 2.34. The van der Waals surface area contributed by atoms with Gasteiger partial charge in [-0.05, 0) is 36.4 Å². The molecule has 0 radical (unpaired) electrons. The lowest BCUT2D eigenvalue weighted by atomic mass is 10.1. The molecule has 1 aromatic heterocycles. The van der Waals surface area contributed by atoms with Crippen molar-refractivity contribution in [3.63, 3.8) is 0 Å². The van der Waals surface area contributed by atoms with Crippen LogP contribution in [-0.2, 0) is 14.6 Å². The third kappa shape index (κ3) is 3.65. The summed E-state index contributed by atoms with van der Waals surface area (Å²) < 4.78 is 28.7. The second kappa shape index (κ2) is 6.49. The van der Waals surface area contributed by atoms with Crippen LogP contribution in [0.15, 0.2) is 59.0 Å². The number of carbonyl (C=O) groups is 1. The summed E-state index contributed by atoms with van der Waals surface area (Å²) in [5.41, 5.74) is 2.24. The van der Waals surface area contributed by atoms with Gasteiger partial charge in [0.2, 0.25) is 5.91 Å². The van der Waals surface area contributed by atoms with Crippen molar-refractivity contribution >= 4 is 32.4 Å². The third-order valence-corrected chi connectivity index (χ3v) is 5.25. The van der Waals surface area contributed by atoms with Crippen molar-refractivity contribution < 1.29 is 17.6 Å². The Hall–Kier alpha value is -2.60. The first-order valence-electron chi connectivity index (χ1n) is 7.56. The molecular weight excluding hydrogens is 326 g/mol. The van der Waals surface area contributed by atoms with Crippen molar-refractivity contribution in [1.82, 2.24) is 0 Å². The molecule has 0 aliphatic heterocycles. The van der Waals surface area contributed by atoms with Crippen molar-refractivity contribution in [2.45, 2.75) is 6.92 Å². The number of hydrogen-bond acceptors (Lipinski definition) is 4. The number of rotatable bonds is 5. The topological polar surface area (TPSA) is 76.4 Å². The van der Waals surface area contributed by atoms with Crippen LogP contribution < -0.4 is 5.32 Å². The van der Waals surface area contributed by atoms with E-state index >= 15 is 0 Å². The van der Waals surface area contributed by atoms with Crippen LogP contribution >= 0.6 is 0 Å². The van der Waals surface area contributed by atoms with Gasteiger partial charge in [0, 0.05) is 22.4 Å². The van der Waals surface area contributed by atoms with Crippen LogP contribution in [0, 0.1) is 0 Å². The normalized spacial score (nSPS) is 11.5. The van der Waals surface area contributed by atoms with Crippen LogP contribution in [0.4, 0.5) is 5.69 Å². The Morgan fingerprint density at radius 3 is 2.46 bits per heavy atom. The highest BCUT2D eigenvalue weighted by Gasteiger charge is 2.14. The number of amides is 1. The Morgan fingerprint density at radius 2 is 1.79 bits per heavy atom. The van der Waals surface area contributed by atoms with Gasteiger partial charge in [-0.25, -0.2) is 8.42 Å². The number of hydrogen-bond donors (Lipinski definition) is 1. The van der Waals surface area contributed by atoms with Gasteiger partial charge in [-0.2, -0.15) is 0 Å². The predicted molar refractivity (Wildman–Crippen MR) is 94.6 cm³/mol. The molecule has 2 aromatic carbocycles. The zero-order chi connectivity index (χ0) is 17.2. The van der Waals surface area contributed by atoms with Crippen molar-refractivity contribution in [2.24, 2.45) is 0 Å². The molecule has 0 aliphatic rings. The molecule has 0 spiro atoms. The minimum atomic E-state index is -3.33. The first kappa shape index (κ1) is 16.3. The van der Waals surface area contributed by atoms with E-state index < -0.39 is 21.5 Å². The van der Waals surface area contributed by atoms with E-state index in [4.69, 9.17) is 4.42 Å². The molecule has 3 aromatic rings. The van der Waals surface area contributed by atoms with E-state index in [1.54, 1.807) is 12.1 Å². The highest BCUT2D eigenvalue weighted by Crippen LogP contribution is 2.28. The van der Waals surface area contributed by atoms with Gasteiger partial charge in [-0.3, -0.25) is 4.79 Å². The Balaban J connectivity index is 1.74. The van der Waals surface area contributed by atoms with Crippen LogP contribution in [-0.4, -0.2) is 25.8 Å². The van der Waals surface area contributed by atoms with Crippen molar-refractivity contribution in [2.75, 3.05) is 16.8 Å². The zero-order valence-corrected chi connectivity index (χ0v) is 14.0. The van der Waals surface area contributed by atoms with E-state index in [-0.39, 0.29) is 5.75 Å². The van der Waals surface area contributed by atoms with Crippen LogP contribution in [0.2, 0.25) is 0 Å². The van der Waals surface area contributed by atoms with E-state index in [0.717, 1.165) is 22.3 Å². The molecule has 5 nitrogen and oxygen atoms in total. The average molecular weight is 343 g/mol. The van der Waals surface area contributed by atoms with Crippen LogP contribution in [0.3, 0.4) is 0 Å². The van der Waals surface area contributed by atoms with Crippen molar-refractivity contribution in [1.29, 1.82) is 0 Å². The molecular formula is C18H17NO4S. The minimum Gasteiger partial charge on any atom is -0.456 e. The van der Waals surface area contributed by atoms with Gasteiger partial charge in [0.15, 0.2) is 9.84 Å². The van der Waals surface area contributed by atoms with Crippen molar-refractivity contribution in [3.8, 4) is 11.3 Å². The van der Waals surface area contributed by atoms with E-state index in [9.17, 15) is 13.2 Å². The third-order valence-electron chi connectivity index (χ3n) is 3.67. The van der Waals surface area contributed by atoms with Gasteiger partial charge < -0.3 is 9.73 Å². The molecule has 1 heterocycles. The first-order valence-corrected chi connectivity index (χ1v) is 9.38. The van der Waals surface area contributed by atoms with E-state index in [2.05, 4.69) is 5.32 Å². The van der Waals surface area contributed by atoms with Crippen LogP contribution in [0.1, 0.15) is 6.92 Å². The molecule has 124 valence electrons. The Labute approximate surface area is 140 Å². The summed E-state index contributed by atoms with van der Waals surface area (Å²) in [5, 5.41) is 3.61. The minimum absolute atomic E-state index is 0.0502. The van der Waals surface area contributed by atoms with Gasteiger partial charge in [-0.1, -0.05) is 25.1 Å². The summed E-state index contributed by atoms with van der Waals surface area (Å²) in [6.45, 7) is 1.52. The Bertz CT molecular complexity index is 939. The second-order valence-electron chi connectivity index (χ2n) is 5.45. The summed E-state index contributed by atoms with van der Waals surface area (Å²) in [5.74, 6) is -0.351. The van der Waals surface area contributed by atoms with Gasteiger partial charge in [0.05, 0.1) is 0 Å². The highest BCUT2D eigenvalue weighted by atomic mass is 32.2. The Morgan fingerprint density at radius 1 is 1.08 bits per heavy atom. The highest BCUT2D eigenvalue weighted by molar-refractivity contribution is 7.92. The molecule has 0 saturated carbocycles. The summed E-state index contributed by atoms with van der Waals surface area (Å²) in [6.07, 6.45) is 0. The van der Waals surface area contributed by atoms with Gasteiger partial charge in [0.1, 0.15) is 17.1 Å². The SMILES string of the molecule is CCS(=O)(=O)CC(=O)Nc1ccc(-c2cc3ccccc3o2)cc1. The van der Waals surface area contributed by atoms with E-state index in [1.807, 2.05) is 42.5 Å². The molecule has 1 amide bonds. The molecule has 3 rings (SSSR count). The molecule has 0 aliphatic carbocycles. The molecule has 0 saturated heterocycles. The smallest absolute Gasteiger partial charge is 0.239 e. The maximum absolute atomic E-state index is 11.8. The average Bonchev–Trinajstić information content (AvgIpc) is 2.99. The molecule has 0 unspecified atom stereocenters. The summed E-state index contributed by atoms with van der Waals surface area (Å²) in [4.78, 5) is 11.8. The van der Waals surface area contributed by atoms with Crippen LogP contribution in [0.25, 0.3) is 22.3 Å². The maximum Gasteiger partial charge on any atom is 0.239 e. The number of furan rings is 1. The lowest BCUT2D eigenvalue weighted by Crippen LogP contribution is -2.23. The number of para-hydroxylation sites is 1. The monoisotopic (exact) mass is 343 g/mol. The Kier molecular flexibility index (Phi) is 4.40. The molecule has 6 heteroatoms. The fraction of sp³-hybridized carbons (Fsp3) is 0.167. The van der Waals surface area contributed by atoms with Gasteiger partial charge >= 0.3 is 0 Å². The largest absolute Gasteiger partial charge is 0.456 e. The quantitative estimate of drug-likeness (QED) is 0.769. The molecule has 0 atom stereocenters. The molecule has 0 bridgehead atoms. The lowest BCUT2D eigenvalue weighted by Gasteiger charge is -2.06. The van der Waals surface area contributed by atoms with Crippen LogP contribution in [0.5, 0.6) is 0 Å². The molecule has 0 fully saturated rings. The molecule has 1 N–H and O–H groups in total. The first-order chi connectivity index (χ1) is 11.5. The standard InChI is InChI=1S/C18H17NO4S/c1-2-24(21,22)12-18(20)19-15-9-7-13(8-10-15)17-11-14-5-3-4-6-16(14)23-17/h3-11H,2,12H2,1H3,(H,19,20). The van der Waals surface area contributed by atoms with Gasteiger partial charge in [-0.15, -0.1) is 0 Å². The fourth-order valence-corrected chi connectivity index (χ4v) is 3.02. The van der Waals surface area contributed by atoms with Crippen molar-refractivity contribution in [3.05, 3.63) is 54.6 Å². The number of carbonyl (C=O) groups excluding carboxylic acids is 1. The number of fused-ring (bicyclic) bond motifs is 1. The summed E-state index contributed by atoms with van der Waals surface area (Å²) >= 11 is 0. The van der Waals surface area contributed by atoms with E-state index in [1.165, 1.54) is 6.92 Å². The van der Waals surface area contributed by atoms with Gasteiger partial charge in [0.25, 0.3) is 0 Å². The second-order valence-corrected chi connectivity index (χ2v) is 7.80. The van der Waals surface area contributed by atoms with E-state index in [0.29, 0.717) is 5.69 Å². The summed E-state index contributed by atoms with van der Waals surface area (Å²) in [7, 11) is -3.33. The predicted octanol–water partition coefficient (Wildman–Crippen LogP) is 3.47. The zero-order valence-electron chi connectivity index (χ0n) is 13.2. The number of benzene rings is 2. The summed E-state index contributed by atoms with van der Waals surface area (Å²) in [6, 6.07) is 16.8. The number of nitrogens with one attached hydrogen (secondary N) is 1. The maximum atomic E-state index is 11.8. The molecule has 24 heavy (non-hydrogen) atoms. The number of sulfone groups is 1. The lowest BCUT2D eigenvalue weighted by molar-refractivity contribution is -0.113. The number of anilines is 1.